The smallest absolute Gasteiger partial charge is 0.269 e. The van der Waals surface area contributed by atoms with Gasteiger partial charge in [0.25, 0.3) is 5.69 Å². The predicted octanol–water partition coefficient (Wildman–Crippen LogP) is 3.52. The average Bonchev–Trinajstić information content (AvgIpc) is 2.47. The Morgan fingerprint density at radius 1 is 1.35 bits per heavy atom. The molecule has 2 saturated heterocycles. The number of piperidine rings is 1. The number of ether oxygens (including phenoxy) is 1. The second-order valence-electron chi connectivity index (χ2n) is 5.36. The van der Waals surface area contributed by atoms with Crippen LogP contribution in [0.5, 0.6) is 0 Å². The molecular weight excluding hydrogens is 280 g/mol. The summed E-state index contributed by atoms with van der Waals surface area (Å²) < 4.78 is 5.87. The van der Waals surface area contributed by atoms with Crippen LogP contribution in [0.2, 0.25) is 5.02 Å². The Labute approximate surface area is 122 Å². The normalized spacial score (nSPS) is 27.1. The first-order valence-corrected chi connectivity index (χ1v) is 7.36. The Morgan fingerprint density at radius 3 is 3.00 bits per heavy atom. The first-order chi connectivity index (χ1) is 9.66. The lowest BCUT2D eigenvalue weighted by atomic mass is 9.96. The molecule has 0 aliphatic carbocycles. The van der Waals surface area contributed by atoms with E-state index in [0.717, 1.165) is 19.4 Å². The zero-order chi connectivity index (χ0) is 14.1. The van der Waals surface area contributed by atoms with Crippen molar-refractivity contribution >= 4 is 17.3 Å². The van der Waals surface area contributed by atoms with E-state index in [2.05, 4.69) is 4.90 Å². The molecule has 0 N–H and O–H groups in total. The number of rotatable bonds is 2. The van der Waals surface area contributed by atoms with Crippen LogP contribution in [0.3, 0.4) is 0 Å². The second-order valence-corrected chi connectivity index (χ2v) is 5.77. The minimum atomic E-state index is -0.393. The van der Waals surface area contributed by atoms with E-state index in [9.17, 15) is 10.1 Å². The van der Waals surface area contributed by atoms with Gasteiger partial charge in [-0.05, 0) is 25.3 Å². The van der Waals surface area contributed by atoms with Crippen LogP contribution in [0.4, 0.5) is 5.69 Å². The van der Waals surface area contributed by atoms with Crippen molar-refractivity contribution < 1.29 is 9.66 Å². The molecule has 2 atom stereocenters. The number of nitro groups is 1. The molecule has 0 aromatic heterocycles. The molecule has 3 rings (SSSR count). The Balaban J connectivity index is 1.94. The minimum absolute atomic E-state index is 0.0622. The molecule has 6 heteroatoms. The number of hydrogen-bond donors (Lipinski definition) is 0. The van der Waals surface area contributed by atoms with Crippen LogP contribution in [-0.2, 0) is 4.74 Å². The molecular formula is C14H17ClN2O3. The van der Waals surface area contributed by atoms with Gasteiger partial charge >= 0.3 is 0 Å². The van der Waals surface area contributed by atoms with Gasteiger partial charge in [-0.15, -0.1) is 0 Å². The fourth-order valence-corrected chi connectivity index (χ4v) is 3.37. The van der Waals surface area contributed by atoms with Gasteiger partial charge in [0.05, 0.1) is 11.5 Å². The van der Waals surface area contributed by atoms with E-state index >= 15 is 0 Å². The maximum Gasteiger partial charge on any atom is 0.269 e. The van der Waals surface area contributed by atoms with E-state index in [0.29, 0.717) is 23.2 Å². The van der Waals surface area contributed by atoms with E-state index in [1.165, 1.54) is 18.9 Å². The fourth-order valence-electron chi connectivity index (χ4n) is 3.16. The van der Waals surface area contributed by atoms with Gasteiger partial charge in [0.1, 0.15) is 6.23 Å². The number of nitro benzene ring substituents is 1. The highest BCUT2D eigenvalue weighted by molar-refractivity contribution is 6.31. The van der Waals surface area contributed by atoms with E-state index in [1.54, 1.807) is 12.1 Å². The highest BCUT2D eigenvalue weighted by Gasteiger charge is 2.35. The lowest BCUT2D eigenvalue weighted by Crippen LogP contribution is -2.47. The SMILES string of the molecule is O=[N+]([O-])c1ccc(Cl)c([C@@H]2OCC[C@H]3CCCCN32)c1. The van der Waals surface area contributed by atoms with Gasteiger partial charge < -0.3 is 4.74 Å². The summed E-state index contributed by atoms with van der Waals surface area (Å²) in [4.78, 5) is 12.8. The van der Waals surface area contributed by atoms with Gasteiger partial charge in [-0.25, -0.2) is 0 Å². The molecule has 0 radical (unpaired) electrons. The van der Waals surface area contributed by atoms with Crippen molar-refractivity contribution in [3.63, 3.8) is 0 Å². The zero-order valence-corrected chi connectivity index (χ0v) is 11.9. The van der Waals surface area contributed by atoms with Gasteiger partial charge in [-0.2, -0.15) is 0 Å². The summed E-state index contributed by atoms with van der Waals surface area (Å²) in [6, 6.07) is 5.08. The van der Waals surface area contributed by atoms with E-state index in [1.807, 2.05) is 0 Å². The summed E-state index contributed by atoms with van der Waals surface area (Å²) in [5.41, 5.74) is 0.777. The molecule has 0 spiro atoms. The summed E-state index contributed by atoms with van der Waals surface area (Å²) in [5, 5.41) is 11.5. The molecule has 0 amide bonds. The topological polar surface area (TPSA) is 55.6 Å². The Hall–Kier alpha value is -1.17. The van der Waals surface area contributed by atoms with Crippen LogP contribution in [0.25, 0.3) is 0 Å². The van der Waals surface area contributed by atoms with Crippen LogP contribution in [-0.4, -0.2) is 29.0 Å². The summed E-state index contributed by atoms with van der Waals surface area (Å²) >= 11 is 6.24. The molecule has 2 aliphatic rings. The third-order valence-corrected chi connectivity index (χ3v) is 4.50. The molecule has 0 bridgehead atoms. The molecule has 2 heterocycles. The summed E-state index contributed by atoms with van der Waals surface area (Å²) in [6.07, 6.45) is 4.34. The van der Waals surface area contributed by atoms with Crippen LogP contribution < -0.4 is 0 Å². The van der Waals surface area contributed by atoms with Gasteiger partial charge in [0.2, 0.25) is 0 Å². The fraction of sp³-hybridized carbons (Fsp3) is 0.571. The number of hydrogen-bond acceptors (Lipinski definition) is 4. The highest BCUT2D eigenvalue weighted by atomic mass is 35.5. The van der Waals surface area contributed by atoms with Crippen LogP contribution in [0.1, 0.15) is 37.5 Å². The van der Waals surface area contributed by atoms with Crippen molar-refractivity contribution in [3.8, 4) is 0 Å². The van der Waals surface area contributed by atoms with Crippen molar-refractivity contribution in [1.82, 2.24) is 4.90 Å². The molecule has 5 nitrogen and oxygen atoms in total. The van der Waals surface area contributed by atoms with Crippen molar-refractivity contribution in [1.29, 1.82) is 0 Å². The molecule has 1 aromatic rings. The van der Waals surface area contributed by atoms with E-state index < -0.39 is 4.92 Å². The molecule has 2 aliphatic heterocycles. The Morgan fingerprint density at radius 2 is 2.20 bits per heavy atom. The van der Waals surface area contributed by atoms with Gasteiger partial charge in [0.15, 0.2) is 0 Å². The number of halogens is 1. The number of nitrogens with zero attached hydrogens (tertiary/aromatic N) is 2. The summed E-state index contributed by atoms with van der Waals surface area (Å²) in [6.45, 7) is 1.65. The predicted molar refractivity (Wildman–Crippen MR) is 75.8 cm³/mol. The van der Waals surface area contributed by atoms with E-state index in [4.69, 9.17) is 16.3 Å². The molecule has 108 valence electrons. The van der Waals surface area contributed by atoms with Crippen molar-refractivity contribution in [3.05, 3.63) is 38.9 Å². The van der Waals surface area contributed by atoms with E-state index in [-0.39, 0.29) is 11.9 Å². The first-order valence-electron chi connectivity index (χ1n) is 6.98. The number of fused-ring (bicyclic) bond motifs is 1. The summed E-state index contributed by atoms with van der Waals surface area (Å²) in [7, 11) is 0. The molecule has 2 fully saturated rings. The maximum atomic E-state index is 10.9. The quantitative estimate of drug-likeness (QED) is 0.619. The molecule has 20 heavy (non-hydrogen) atoms. The largest absolute Gasteiger partial charge is 0.359 e. The number of benzene rings is 1. The molecule has 0 unspecified atom stereocenters. The molecule has 0 saturated carbocycles. The van der Waals surface area contributed by atoms with Crippen LogP contribution >= 0.6 is 11.6 Å². The molecule has 1 aromatic carbocycles. The second kappa shape index (κ2) is 5.68. The maximum absolute atomic E-state index is 10.9. The zero-order valence-electron chi connectivity index (χ0n) is 11.1. The van der Waals surface area contributed by atoms with Crippen LogP contribution in [0, 0.1) is 10.1 Å². The van der Waals surface area contributed by atoms with Gasteiger partial charge in [-0.1, -0.05) is 18.0 Å². The van der Waals surface area contributed by atoms with Gasteiger partial charge in [-0.3, -0.25) is 15.0 Å². The average molecular weight is 297 g/mol. The summed E-state index contributed by atoms with van der Waals surface area (Å²) in [5.74, 6) is 0. The van der Waals surface area contributed by atoms with Crippen molar-refractivity contribution in [2.24, 2.45) is 0 Å². The van der Waals surface area contributed by atoms with Crippen molar-refractivity contribution in [2.45, 2.75) is 38.0 Å². The monoisotopic (exact) mass is 296 g/mol. The van der Waals surface area contributed by atoms with Crippen molar-refractivity contribution in [2.75, 3.05) is 13.2 Å². The van der Waals surface area contributed by atoms with Gasteiger partial charge in [0, 0.05) is 35.3 Å². The Bertz CT molecular complexity index is 521. The minimum Gasteiger partial charge on any atom is -0.359 e. The standard InChI is InChI=1S/C14H17ClN2O3/c15-13-5-4-11(17(18)19)9-12(13)14-16-7-2-1-3-10(16)6-8-20-14/h4-5,9-10,14H,1-3,6-8H2/t10-,14+/m1/s1. The highest BCUT2D eigenvalue weighted by Crippen LogP contribution is 2.38. The Kier molecular flexibility index (Phi) is 3.92. The first kappa shape index (κ1) is 13.8. The lowest BCUT2D eigenvalue weighted by Gasteiger charge is -2.44. The third kappa shape index (κ3) is 2.53. The van der Waals surface area contributed by atoms with Crippen LogP contribution in [0.15, 0.2) is 18.2 Å². The third-order valence-electron chi connectivity index (χ3n) is 4.16. The lowest BCUT2D eigenvalue weighted by molar-refractivity contribution is -0.385. The number of non-ortho nitro benzene ring substituents is 1.